The zero-order valence-electron chi connectivity index (χ0n) is 16.5. The van der Waals surface area contributed by atoms with Gasteiger partial charge in [-0.05, 0) is 62.9 Å². The first-order chi connectivity index (χ1) is 13.0. The van der Waals surface area contributed by atoms with Crippen LogP contribution < -0.4 is 10.1 Å². The van der Waals surface area contributed by atoms with Crippen LogP contribution in [0.3, 0.4) is 0 Å². The molecule has 4 heteroatoms. The standard InChI is InChI=1S/C23H29NO3/c1-4-18(3)27-21-10-8-20(9-11-21)24-22(25)23(12-14-26-15-13-23)19-7-5-6-17(2)16-19/h5-11,16,18H,4,12-15H2,1-3H3,(H,24,25)/t18-/m1/s1. The Bertz CT molecular complexity index is 763. The fraction of sp³-hybridized carbons (Fsp3) is 0.435. The summed E-state index contributed by atoms with van der Waals surface area (Å²) in [5, 5.41) is 3.11. The Labute approximate surface area is 161 Å². The molecule has 144 valence electrons. The second-order valence-corrected chi connectivity index (χ2v) is 7.38. The lowest BCUT2D eigenvalue weighted by atomic mass is 9.73. The number of nitrogens with one attached hydrogen (secondary N) is 1. The second-order valence-electron chi connectivity index (χ2n) is 7.38. The monoisotopic (exact) mass is 367 g/mol. The normalized spacial score (nSPS) is 17.1. The number of hydrogen-bond acceptors (Lipinski definition) is 3. The number of carbonyl (C=O) groups is 1. The van der Waals surface area contributed by atoms with Crippen LogP contribution in [0.2, 0.25) is 0 Å². The number of ether oxygens (including phenoxy) is 2. The van der Waals surface area contributed by atoms with E-state index in [1.165, 1.54) is 0 Å². The van der Waals surface area contributed by atoms with Crippen molar-refractivity contribution in [3.05, 3.63) is 59.7 Å². The van der Waals surface area contributed by atoms with Gasteiger partial charge in [-0.2, -0.15) is 0 Å². The number of hydrogen-bond donors (Lipinski definition) is 1. The molecule has 1 aliphatic heterocycles. The maximum Gasteiger partial charge on any atom is 0.235 e. The Morgan fingerprint density at radius 1 is 1.19 bits per heavy atom. The molecular formula is C23H29NO3. The van der Waals surface area contributed by atoms with E-state index in [4.69, 9.17) is 9.47 Å². The molecule has 0 aromatic heterocycles. The average molecular weight is 367 g/mol. The molecule has 1 heterocycles. The fourth-order valence-electron chi connectivity index (χ4n) is 3.49. The van der Waals surface area contributed by atoms with E-state index >= 15 is 0 Å². The van der Waals surface area contributed by atoms with E-state index in [1.54, 1.807) is 0 Å². The lowest BCUT2D eigenvalue weighted by Gasteiger charge is -2.36. The molecule has 0 unspecified atom stereocenters. The highest BCUT2D eigenvalue weighted by atomic mass is 16.5. The van der Waals surface area contributed by atoms with E-state index in [0.29, 0.717) is 26.1 Å². The van der Waals surface area contributed by atoms with Crippen molar-refractivity contribution in [1.82, 2.24) is 0 Å². The van der Waals surface area contributed by atoms with Gasteiger partial charge >= 0.3 is 0 Å². The van der Waals surface area contributed by atoms with Crippen molar-refractivity contribution in [2.75, 3.05) is 18.5 Å². The molecule has 1 amide bonds. The Kier molecular flexibility index (Phi) is 6.17. The molecule has 1 atom stereocenters. The molecule has 0 aliphatic carbocycles. The topological polar surface area (TPSA) is 47.6 Å². The molecule has 1 N–H and O–H groups in total. The maximum atomic E-state index is 13.3. The van der Waals surface area contributed by atoms with E-state index in [9.17, 15) is 4.79 Å². The van der Waals surface area contributed by atoms with Crippen molar-refractivity contribution < 1.29 is 14.3 Å². The van der Waals surface area contributed by atoms with Gasteiger partial charge in [-0.15, -0.1) is 0 Å². The molecule has 27 heavy (non-hydrogen) atoms. The van der Waals surface area contributed by atoms with Crippen LogP contribution in [0.4, 0.5) is 5.69 Å². The van der Waals surface area contributed by atoms with E-state index < -0.39 is 5.41 Å². The minimum Gasteiger partial charge on any atom is -0.491 e. The molecule has 2 aromatic rings. The summed E-state index contributed by atoms with van der Waals surface area (Å²) in [6, 6.07) is 15.9. The van der Waals surface area contributed by atoms with Crippen LogP contribution >= 0.6 is 0 Å². The number of carbonyl (C=O) groups excluding carboxylic acids is 1. The van der Waals surface area contributed by atoms with Crippen LogP contribution in [0.15, 0.2) is 48.5 Å². The fourth-order valence-corrected chi connectivity index (χ4v) is 3.49. The maximum absolute atomic E-state index is 13.3. The largest absolute Gasteiger partial charge is 0.491 e. The van der Waals surface area contributed by atoms with E-state index in [0.717, 1.165) is 29.0 Å². The summed E-state index contributed by atoms with van der Waals surface area (Å²) in [6.07, 6.45) is 2.52. The van der Waals surface area contributed by atoms with Gasteiger partial charge in [0.15, 0.2) is 0 Å². The minimum absolute atomic E-state index is 0.0343. The van der Waals surface area contributed by atoms with Gasteiger partial charge in [0.25, 0.3) is 0 Å². The van der Waals surface area contributed by atoms with Crippen LogP contribution in [0, 0.1) is 6.92 Å². The molecule has 2 aromatic carbocycles. The first-order valence-corrected chi connectivity index (χ1v) is 9.76. The Hall–Kier alpha value is -2.33. The molecule has 4 nitrogen and oxygen atoms in total. The molecule has 1 fully saturated rings. The van der Waals surface area contributed by atoms with Gasteiger partial charge in [-0.1, -0.05) is 36.8 Å². The third-order valence-electron chi connectivity index (χ3n) is 5.38. The molecule has 0 radical (unpaired) electrons. The second kappa shape index (κ2) is 8.57. The highest BCUT2D eigenvalue weighted by molar-refractivity contribution is 5.99. The first kappa shape index (κ1) is 19.4. The van der Waals surface area contributed by atoms with Crippen LogP contribution in [0.5, 0.6) is 5.75 Å². The summed E-state index contributed by atoms with van der Waals surface area (Å²) in [7, 11) is 0. The molecule has 3 rings (SSSR count). The molecule has 1 saturated heterocycles. The quantitative estimate of drug-likeness (QED) is 0.793. The number of rotatable bonds is 6. The minimum atomic E-state index is -0.545. The summed E-state index contributed by atoms with van der Waals surface area (Å²) >= 11 is 0. The third-order valence-corrected chi connectivity index (χ3v) is 5.38. The van der Waals surface area contributed by atoms with Gasteiger partial charge in [0.05, 0.1) is 11.5 Å². The molecule has 1 aliphatic rings. The van der Waals surface area contributed by atoms with Gasteiger partial charge in [0.1, 0.15) is 5.75 Å². The van der Waals surface area contributed by atoms with Gasteiger partial charge < -0.3 is 14.8 Å². The van der Waals surface area contributed by atoms with Crippen LogP contribution in [0.1, 0.15) is 44.2 Å². The summed E-state index contributed by atoms with van der Waals surface area (Å²) in [5.74, 6) is 0.855. The van der Waals surface area contributed by atoms with Gasteiger partial charge in [0, 0.05) is 18.9 Å². The smallest absolute Gasteiger partial charge is 0.235 e. The Balaban J connectivity index is 1.79. The first-order valence-electron chi connectivity index (χ1n) is 9.76. The summed E-state index contributed by atoms with van der Waals surface area (Å²) < 4.78 is 11.4. The highest BCUT2D eigenvalue weighted by Crippen LogP contribution is 2.36. The van der Waals surface area contributed by atoms with Crippen LogP contribution in [0.25, 0.3) is 0 Å². The summed E-state index contributed by atoms with van der Waals surface area (Å²) in [4.78, 5) is 13.3. The highest BCUT2D eigenvalue weighted by Gasteiger charge is 2.41. The number of aryl methyl sites for hydroxylation is 1. The average Bonchev–Trinajstić information content (AvgIpc) is 2.70. The van der Waals surface area contributed by atoms with E-state index in [2.05, 4.69) is 37.4 Å². The van der Waals surface area contributed by atoms with Gasteiger partial charge in [-0.3, -0.25) is 4.79 Å². The SMILES string of the molecule is CC[C@@H](C)Oc1ccc(NC(=O)C2(c3cccc(C)c3)CCOCC2)cc1. The van der Waals surface area contributed by atoms with Gasteiger partial charge in [-0.25, -0.2) is 0 Å². The Morgan fingerprint density at radius 2 is 1.89 bits per heavy atom. The Morgan fingerprint density at radius 3 is 2.52 bits per heavy atom. The molecule has 0 bridgehead atoms. The van der Waals surface area contributed by atoms with Crippen molar-refractivity contribution >= 4 is 11.6 Å². The summed E-state index contributed by atoms with van der Waals surface area (Å²) in [6.45, 7) is 7.40. The zero-order chi connectivity index (χ0) is 19.3. The van der Waals surface area contributed by atoms with Crippen LogP contribution in [-0.2, 0) is 14.9 Å². The molecule has 0 spiro atoms. The lowest BCUT2D eigenvalue weighted by molar-refractivity contribution is -0.125. The van der Waals surface area contributed by atoms with Crippen molar-refractivity contribution in [1.29, 1.82) is 0 Å². The number of amides is 1. The van der Waals surface area contributed by atoms with Crippen molar-refractivity contribution in [2.45, 2.75) is 51.6 Å². The predicted octanol–water partition coefficient (Wildman–Crippen LogP) is 4.86. The summed E-state index contributed by atoms with van der Waals surface area (Å²) in [5.41, 5.74) is 2.48. The number of benzene rings is 2. The van der Waals surface area contributed by atoms with E-state index in [1.807, 2.05) is 37.3 Å². The molecular weight excluding hydrogens is 338 g/mol. The zero-order valence-corrected chi connectivity index (χ0v) is 16.5. The van der Waals surface area contributed by atoms with Crippen LogP contribution in [-0.4, -0.2) is 25.2 Å². The van der Waals surface area contributed by atoms with Gasteiger partial charge in [0.2, 0.25) is 5.91 Å². The van der Waals surface area contributed by atoms with Crippen molar-refractivity contribution in [2.24, 2.45) is 0 Å². The molecule has 0 saturated carbocycles. The predicted molar refractivity (Wildman–Crippen MR) is 108 cm³/mol. The van der Waals surface area contributed by atoms with Crippen molar-refractivity contribution in [3.8, 4) is 5.75 Å². The van der Waals surface area contributed by atoms with E-state index in [-0.39, 0.29) is 12.0 Å². The van der Waals surface area contributed by atoms with Crippen molar-refractivity contribution in [3.63, 3.8) is 0 Å². The third kappa shape index (κ3) is 4.51. The number of anilines is 1. The lowest BCUT2D eigenvalue weighted by Crippen LogP contribution is -2.44.